The average molecular weight is 285 g/mol. The maximum absolute atomic E-state index is 11.7. The second-order valence-corrected chi connectivity index (χ2v) is 5.09. The number of hydrogen-bond donors (Lipinski definition) is 2. The van der Waals surface area contributed by atoms with Crippen LogP contribution in [0.25, 0.3) is 10.9 Å². The lowest BCUT2D eigenvalue weighted by atomic mass is 10.1. The van der Waals surface area contributed by atoms with Crippen LogP contribution >= 0.6 is 0 Å². The van der Waals surface area contributed by atoms with Gasteiger partial charge in [0.2, 0.25) is 0 Å². The summed E-state index contributed by atoms with van der Waals surface area (Å²) in [6.07, 6.45) is 2.76. The maximum atomic E-state index is 11.7. The van der Waals surface area contributed by atoms with Gasteiger partial charge >= 0.3 is 5.97 Å². The van der Waals surface area contributed by atoms with Crippen LogP contribution in [0.4, 0.5) is 5.69 Å². The SMILES string of the molecule is NC(=O)c1cnc2ccccc2c1N1CCCC1C(=O)O. The fourth-order valence-electron chi connectivity index (χ4n) is 2.91. The summed E-state index contributed by atoms with van der Waals surface area (Å²) in [6.45, 7) is 0.589. The van der Waals surface area contributed by atoms with E-state index in [1.165, 1.54) is 6.20 Å². The molecule has 0 radical (unpaired) electrons. The molecule has 1 saturated heterocycles. The topological polar surface area (TPSA) is 96.5 Å². The molecular formula is C15H15N3O3. The quantitative estimate of drug-likeness (QED) is 0.888. The molecule has 1 aliphatic heterocycles. The number of amides is 1. The molecule has 2 heterocycles. The lowest BCUT2D eigenvalue weighted by molar-refractivity contribution is -0.138. The van der Waals surface area contributed by atoms with Crippen molar-refractivity contribution in [3.63, 3.8) is 0 Å². The van der Waals surface area contributed by atoms with E-state index in [0.717, 1.165) is 11.8 Å². The van der Waals surface area contributed by atoms with Crippen LogP contribution in [0, 0.1) is 0 Å². The number of nitrogens with zero attached hydrogens (tertiary/aromatic N) is 2. The van der Waals surface area contributed by atoms with Gasteiger partial charge in [-0.25, -0.2) is 4.79 Å². The van der Waals surface area contributed by atoms with Gasteiger partial charge in [0.25, 0.3) is 5.91 Å². The number of para-hydroxylation sites is 1. The second-order valence-electron chi connectivity index (χ2n) is 5.09. The molecule has 3 N–H and O–H groups in total. The molecule has 0 spiro atoms. The number of carboxylic acids is 1. The van der Waals surface area contributed by atoms with Gasteiger partial charge in [-0.05, 0) is 18.9 Å². The number of fused-ring (bicyclic) bond motifs is 1. The molecule has 1 amide bonds. The monoisotopic (exact) mass is 285 g/mol. The smallest absolute Gasteiger partial charge is 0.326 e. The highest BCUT2D eigenvalue weighted by molar-refractivity contribution is 6.07. The van der Waals surface area contributed by atoms with Crippen molar-refractivity contribution in [2.45, 2.75) is 18.9 Å². The highest BCUT2D eigenvalue weighted by Crippen LogP contribution is 2.34. The number of primary amides is 1. The zero-order chi connectivity index (χ0) is 15.0. The van der Waals surface area contributed by atoms with E-state index < -0.39 is 17.9 Å². The molecule has 0 aliphatic carbocycles. The first-order valence-corrected chi connectivity index (χ1v) is 6.76. The Labute approximate surface area is 121 Å². The van der Waals surface area contributed by atoms with Crippen molar-refractivity contribution in [2.75, 3.05) is 11.4 Å². The van der Waals surface area contributed by atoms with Gasteiger partial charge in [0, 0.05) is 18.1 Å². The van der Waals surface area contributed by atoms with Crippen LogP contribution in [0.3, 0.4) is 0 Å². The largest absolute Gasteiger partial charge is 0.480 e. The van der Waals surface area contributed by atoms with Crippen LogP contribution in [-0.2, 0) is 4.79 Å². The molecule has 1 fully saturated rings. The summed E-state index contributed by atoms with van der Waals surface area (Å²) < 4.78 is 0. The number of nitrogens with two attached hydrogens (primary N) is 1. The average Bonchev–Trinajstić information content (AvgIpc) is 2.95. The summed E-state index contributed by atoms with van der Waals surface area (Å²) in [5, 5.41) is 10.1. The molecular weight excluding hydrogens is 270 g/mol. The Morgan fingerprint density at radius 1 is 1.33 bits per heavy atom. The molecule has 0 bridgehead atoms. The summed E-state index contributed by atoms with van der Waals surface area (Å²) >= 11 is 0. The molecule has 1 aliphatic rings. The van der Waals surface area contributed by atoms with Crippen molar-refractivity contribution in [3.8, 4) is 0 Å². The Morgan fingerprint density at radius 3 is 2.81 bits per heavy atom. The van der Waals surface area contributed by atoms with Crippen LogP contribution in [0.15, 0.2) is 30.5 Å². The third-order valence-electron chi connectivity index (χ3n) is 3.84. The minimum atomic E-state index is -0.885. The van der Waals surface area contributed by atoms with Crippen LogP contribution in [0.2, 0.25) is 0 Å². The van der Waals surface area contributed by atoms with Gasteiger partial charge in [0.1, 0.15) is 6.04 Å². The number of carbonyl (C=O) groups excluding carboxylic acids is 1. The number of hydrogen-bond acceptors (Lipinski definition) is 4. The number of benzene rings is 1. The first-order chi connectivity index (χ1) is 10.1. The van der Waals surface area contributed by atoms with E-state index in [9.17, 15) is 14.7 Å². The summed E-state index contributed by atoms with van der Waals surface area (Å²) in [5.41, 5.74) is 7.01. The number of carboxylic acid groups (broad SMARTS) is 1. The lowest BCUT2D eigenvalue weighted by Crippen LogP contribution is -2.37. The standard InChI is InChI=1S/C15H15N3O3/c16-14(19)10-8-17-11-5-2-1-4-9(11)13(10)18-7-3-6-12(18)15(20)21/h1-2,4-5,8,12H,3,6-7H2,(H2,16,19)(H,20,21). The Kier molecular flexibility index (Phi) is 3.21. The van der Waals surface area contributed by atoms with Gasteiger partial charge < -0.3 is 15.7 Å². The van der Waals surface area contributed by atoms with E-state index in [2.05, 4.69) is 4.98 Å². The molecule has 1 aromatic heterocycles. The van der Waals surface area contributed by atoms with Gasteiger partial charge in [-0.2, -0.15) is 0 Å². The van der Waals surface area contributed by atoms with E-state index in [-0.39, 0.29) is 5.56 Å². The molecule has 6 nitrogen and oxygen atoms in total. The third-order valence-corrected chi connectivity index (χ3v) is 3.84. The number of aliphatic carboxylic acids is 1. The normalized spacial score (nSPS) is 18.1. The van der Waals surface area contributed by atoms with Crippen LogP contribution in [0.1, 0.15) is 23.2 Å². The van der Waals surface area contributed by atoms with Crippen molar-refractivity contribution in [3.05, 3.63) is 36.0 Å². The molecule has 1 unspecified atom stereocenters. The zero-order valence-electron chi connectivity index (χ0n) is 11.3. The Morgan fingerprint density at radius 2 is 2.10 bits per heavy atom. The Bertz CT molecular complexity index is 729. The molecule has 1 atom stereocenters. The predicted octanol–water partition coefficient (Wildman–Crippen LogP) is 1.39. The first-order valence-electron chi connectivity index (χ1n) is 6.76. The number of aromatic nitrogens is 1. The fraction of sp³-hybridized carbons (Fsp3) is 0.267. The molecule has 0 saturated carbocycles. The number of pyridine rings is 1. The van der Waals surface area contributed by atoms with Crippen molar-refractivity contribution < 1.29 is 14.7 Å². The number of carbonyl (C=O) groups is 2. The van der Waals surface area contributed by atoms with E-state index >= 15 is 0 Å². The summed E-state index contributed by atoms with van der Waals surface area (Å²) in [4.78, 5) is 29.1. The van der Waals surface area contributed by atoms with E-state index in [1.807, 2.05) is 24.3 Å². The number of rotatable bonds is 3. The van der Waals surface area contributed by atoms with Crippen molar-refractivity contribution >= 4 is 28.5 Å². The highest BCUT2D eigenvalue weighted by Gasteiger charge is 2.33. The lowest BCUT2D eigenvalue weighted by Gasteiger charge is -2.26. The van der Waals surface area contributed by atoms with E-state index in [4.69, 9.17) is 5.73 Å². The van der Waals surface area contributed by atoms with Crippen LogP contribution in [-0.4, -0.2) is 34.6 Å². The van der Waals surface area contributed by atoms with Gasteiger partial charge in [-0.15, -0.1) is 0 Å². The maximum Gasteiger partial charge on any atom is 0.326 e. The van der Waals surface area contributed by atoms with Crippen molar-refractivity contribution in [1.82, 2.24) is 4.98 Å². The van der Waals surface area contributed by atoms with Crippen LogP contribution in [0.5, 0.6) is 0 Å². The minimum Gasteiger partial charge on any atom is -0.480 e. The molecule has 21 heavy (non-hydrogen) atoms. The van der Waals surface area contributed by atoms with Crippen LogP contribution < -0.4 is 10.6 Å². The van der Waals surface area contributed by atoms with Gasteiger partial charge in [-0.1, -0.05) is 18.2 Å². The molecule has 6 heteroatoms. The van der Waals surface area contributed by atoms with E-state index in [1.54, 1.807) is 4.90 Å². The van der Waals surface area contributed by atoms with Crippen molar-refractivity contribution in [1.29, 1.82) is 0 Å². The molecule has 3 rings (SSSR count). The highest BCUT2D eigenvalue weighted by atomic mass is 16.4. The summed E-state index contributed by atoms with van der Waals surface area (Å²) in [7, 11) is 0. The predicted molar refractivity (Wildman–Crippen MR) is 78.3 cm³/mol. The van der Waals surface area contributed by atoms with E-state index in [0.29, 0.717) is 24.2 Å². The fourth-order valence-corrected chi connectivity index (χ4v) is 2.91. The third kappa shape index (κ3) is 2.18. The van der Waals surface area contributed by atoms with Crippen molar-refractivity contribution in [2.24, 2.45) is 5.73 Å². The van der Waals surface area contributed by atoms with Gasteiger partial charge in [0.15, 0.2) is 0 Å². The van der Waals surface area contributed by atoms with Gasteiger partial charge in [0.05, 0.1) is 16.8 Å². The molecule has 2 aromatic rings. The minimum absolute atomic E-state index is 0.266. The van der Waals surface area contributed by atoms with Gasteiger partial charge in [-0.3, -0.25) is 9.78 Å². The second kappa shape index (κ2) is 5.05. The first kappa shape index (κ1) is 13.4. The Balaban J connectivity index is 2.25. The molecule has 1 aromatic carbocycles. The summed E-state index contributed by atoms with van der Waals surface area (Å²) in [6, 6.07) is 6.72. The zero-order valence-corrected chi connectivity index (χ0v) is 11.3. The molecule has 108 valence electrons. The number of anilines is 1. The Hall–Kier alpha value is -2.63. The summed E-state index contributed by atoms with van der Waals surface area (Å²) in [5.74, 6) is -1.48.